The zero-order chi connectivity index (χ0) is 13.2. The summed E-state index contributed by atoms with van der Waals surface area (Å²) in [6.07, 6.45) is 3.95. The van der Waals surface area contributed by atoms with Crippen LogP contribution in [-0.2, 0) is 14.3 Å². The van der Waals surface area contributed by atoms with Gasteiger partial charge in [-0.2, -0.15) is 0 Å². The van der Waals surface area contributed by atoms with Crippen molar-refractivity contribution in [3.63, 3.8) is 0 Å². The second kappa shape index (κ2) is 8.71. The van der Waals surface area contributed by atoms with E-state index in [0.717, 1.165) is 25.7 Å². The summed E-state index contributed by atoms with van der Waals surface area (Å²) >= 11 is 0. The van der Waals surface area contributed by atoms with Gasteiger partial charge in [0.2, 0.25) is 11.7 Å². The highest BCUT2D eigenvalue weighted by Gasteiger charge is 2.18. The highest BCUT2D eigenvalue weighted by Crippen LogP contribution is 2.01. The normalized spacial score (nSPS) is 14.8. The van der Waals surface area contributed by atoms with Gasteiger partial charge in [0.25, 0.3) is 0 Å². The quantitative estimate of drug-likeness (QED) is 0.321. The molecule has 4 nitrogen and oxygen atoms in total. The van der Waals surface area contributed by atoms with E-state index >= 15 is 0 Å². The number of nitrogens with zero attached hydrogens (tertiary/aromatic N) is 1. The summed E-state index contributed by atoms with van der Waals surface area (Å²) < 4.78 is 5.15. The minimum absolute atomic E-state index is 0.0965. The van der Waals surface area contributed by atoms with Crippen LogP contribution in [0.1, 0.15) is 39.0 Å². The number of hydrogen-bond donors (Lipinski definition) is 0. The number of rotatable bonds is 5. The summed E-state index contributed by atoms with van der Waals surface area (Å²) in [6.45, 7) is 4.40. The lowest BCUT2D eigenvalue weighted by Crippen LogP contribution is -2.41. The Labute approximate surface area is 109 Å². The Kier molecular flexibility index (Phi) is 7.12. The number of Topliss-reactive ketones (excluding diaryl/α,β-unsaturated/α-hetero) is 1. The van der Waals surface area contributed by atoms with Crippen LogP contribution in [-0.4, -0.2) is 42.9 Å². The van der Waals surface area contributed by atoms with Gasteiger partial charge in [0.1, 0.15) is 0 Å². The SMILES string of the molecule is CCCCCC#CC(=O)CC(=O)N1CCOCC1. The molecule has 1 fully saturated rings. The van der Waals surface area contributed by atoms with Gasteiger partial charge in [-0.25, -0.2) is 0 Å². The average Bonchev–Trinajstić information content (AvgIpc) is 2.39. The maximum atomic E-state index is 11.7. The van der Waals surface area contributed by atoms with Crippen molar-refractivity contribution < 1.29 is 14.3 Å². The number of hydrogen-bond acceptors (Lipinski definition) is 3. The minimum Gasteiger partial charge on any atom is -0.378 e. The fourth-order valence-corrected chi connectivity index (χ4v) is 1.73. The van der Waals surface area contributed by atoms with E-state index in [9.17, 15) is 9.59 Å². The van der Waals surface area contributed by atoms with Crippen molar-refractivity contribution in [2.45, 2.75) is 39.0 Å². The third-order valence-corrected chi connectivity index (χ3v) is 2.81. The molecule has 0 aromatic rings. The maximum Gasteiger partial charge on any atom is 0.231 e. The summed E-state index contributed by atoms with van der Waals surface area (Å²) in [6, 6.07) is 0. The molecule has 100 valence electrons. The van der Waals surface area contributed by atoms with Crippen LogP contribution in [0, 0.1) is 11.8 Å². The predicted octanol–water partition coefficient (Wildman–Crippen LogP) is 1.39. The molecule has 1 amide bonds. The van der Waals surface area contributed by atoms with Gasteiger partial charge < -0.3 is 9.64 Å². The standard InChI is InChI=1S/C14H21NO3/c1-2-3-4-5-6-7-13(16)12-14(17)15-8-10-18-11-9-15/h2-5,8-12H2,1H3. The largest absolute Gasteiger partial charge is 0.378 e. The lowest BCUT2D eigenvalue weighted by Gasteiger charge is -2.26. The first kappa shape index (κ1) is 14.7. The van der Waals surface area contributed by atoms with E-state index < -0.39 is 0 Å². The van der Waals surface area contributed by atoms with Gasteiger partial charge in [0.15, 0.2) is 0 Å². The fourth-order valence-electron chi connectivity index (χ4n) is 1.73. The Morgan fingerprint density at radius 1 is 1.22 bits per heavy atom. The average molecular weight is 251 g/mol. The summed E-state index contributed by atoms with van der Waals surface area (Å²) in [5.41, 5.74) is 0. The van der Waals surface area contributed by atoms with Crippen LogP contribution in [0.4, 0.5) is 0 Å². The molecule has 0 N–H and O–H groups in total. The molecule has 1 aliphatic rings. The van der Waals surface area contributed by atoms with Gasteiger partial charge in [0, 0.05) is 19.5 Å². The van der Waals surface area contributed by atoms with Crippen molar-refractivity contribution in [3.8, 4) is 11.8 Å². The van der Waals surface area contributed by atoms with E-state index in [1.807, 2.05) is 0 Å². The van der Waals surface area contributed by atoms with Crippen LogP contribution in [0.15, 0.2) is 0 Å². The van der Waals surface area contributed by atoms with Crippen LogP contribution in [0.25, 0.3) is 0 Å². The summed E-state index contributed by atoms with van der Waals surface area (Å²) in [4.78, 5) is 24.9. The number of ether oxygens (including phenoxy) is 1. The van der Waals surface area contributed by atoms with Gasteiger partial charge in [-0.15, -0.1) is 0 Å². The number of ketones is 1. The second-order valence-corrected chi connectivity index (χ2v) is 4.35. The van der Waals surface area contributed by atoms with Gasteiger partial charge >= 0.3 is 0 Å². The molecule has 0 radical (unpaired) electrons. The molecular weight excluding hydrogens is 230 g/mol. The molecule has 0 aliphatic carbocycles. The van der Waals surface area contributed by atoms with Crippen molar-refractivity contribution in [1.82, 2.24) is 4.90 Å². The number of carbonyl (C=O) groups excluding carboxylic acids is 2. The maximum absolute atomic E-state index is 11.7. The Hall–Kier alpha value is -1.34. The smallest absolute Gasteiger partial charge is 0.231 e. The molecule has 1 heterocycles. The van der Waals surface area contributed by atoms with E-state index in [1.165, 1.54) is 0 Å². The lowest BCUT2D eigenvalue weighted by atomic mass is 10.2. The molecule has 1 saturated heterocycles. The summed E-state index contributed by atoms with van der Waals surface area (Å²) in [7, 11) is 0. The number of unbranched alkanes of at least 4 members (excludes halogenated alkanes) is 3. The Morgan fingerprint density at radius 2 is 1.94 bits per heavy atom. The lowest BCUT2D eigenvalue weighted by molar-refractivity contribution is -0.137. The first-order valence-corrected chi connectivity index (χ1v) is 6.61. The van der Waals surface area contributed by atoms with Crippen molar-refractivity contribution in [2.75, 3.05) is 26.3 Å². The first-order chi connectivity index (χ1) is 8.74. The van der Waals surface area contributed by atoms with Crippen molar-refractivity contribution >= 4 is 11.7 Å². The third kappa shape index (κ3) is 5.83. The van der Waals surface area contributed by atoms with E-state index in [1.54, 1.807) is 4.90 Å². The molecule has 0 aromatic carbocycles. The molecule has 0 bridgehead atoms. The number of carbonyl (C=O) groups is 2. The summed E-state index contributed by atoms with van der Waals surface area (Å²) in [5, 5.41) is 0. The molecule has 0 spiro atoms. The van der Waals surface area contributed by atoms with E-state index in [2.05, 4.69) is 18.8 Å². The molecule has 4 heteroatoms. The highest BCUT2D eigenvalue weighted by atomic mass is 16.5. The first-order valence-electron chi connectivity index (χ1n) is 6.61. The van der Waals surface area contributed by atoms with Crippen molar-refractivity contribution in [1.29, 1.82) is 0 Å². The van der Waals surface area contributed by atoms with Crippen LogP contribution in [0.2, 0.25) is 0 Å². The van der Waals surface area contributed by atoms with E-state index in [-0.39, 0.29) is 18.1 Å². The Morgan fingerprint density at radius 3 is 2.61 bits per heavy atom. The number of amides is 1. The Balaban J connectivity index is 2.23. The van der Waals surface area contributed by atoms with Gasteiger partial charge in [-0.3, -0.25) is 9.59 Å². The van der Waals surface area contributed by atoms with Crippen LogP contribution >= 0.6 is 0 Å². The monoisotopic (exact) mass is 251 g/mol. The Bertz CT molecular complexity index is 335. The zero-order valence-electron chi connectivity index (χ0n) is 11.0. The van der Waals surface area contributed by atoms with Gasteiger partial charge in [-0.1, -0.05) is 25.7 Å². The molecule has 1 aliphatic heterocycles. The highest BCUT2D eigenvalue weighted by molar-refractivity contribution is 6.07. The van der Waals surface area contributed by atoms with Crippen LogP contribution in [0.3, 0.4) is 0 Å². The van der Waals surface area contributed by atoms with Crippen molar-refractivity contribution in [2.24, 2.45) is 0 Å². The summed E-state index contributed by atoms with van der Waals surface area (Å²) in [5.74, 6) is 4.97. The molecule has 18 heavy (non-hydrogen) atoms. The predicted molar refractivity (Wildman–Crippen MR) is 68.9 cm³/mol. The molecule has 0 aromatic heterocycles. The molecule has 0 atom stereocenters. The van der Waals surface area contributed by atoms with Crippen LogP contribution in [0.5, 0.6) is 0 Å². The fraction of sp³-hybridized carbons (Fsp3) is 0.714. The van der Waals surface area contributed by atoms with E-state index in [0.29, 0.717) is 26.3 Å². The van der Waals surface area contributed by atoms with Crippen LogP contribution < -0.4 is 0 Å². The topological polar surface area (TPSA) is 46.6 Å². The number of morpholine rings is 1. The second-order valence-electron chi connectivity index (χ2n) is 4.35. The van der Waals surface area contributed by atoms with E-state index in [4.69, 9.17) is 4.74 Å². The molecule has 0 saturated carbocycles. The van der Waals surface area contributed by atoms with Crippen molar-refractivity contribution in [3.05, 3.63) is 0 Å². The zero-order valence-corrected chi connectivity index (χ0v) is 11.0. The third-order valence-electron chi connectivity index (χ3n) is 2.81. The minimum atomic E-state index is -0.275. The molecule has 1 rings (SSSR count). The molecule has 0 unspecified atom stereocenters. The molecular formula is C14H21NO3. The van der Waals surface area contributed by atoms with Gasteiger partial charge in [0.05, 0.1) is 19.6 Å². The van der Waals surface area contributed by atoms with Gasteiger partial charge in [-0.05, 0) is 12.3 Å².